The molecule has 0 N–H and O–H groups in total. The Morgan fingerprint density at radius 2 is 1.64 bits per heavy atom. The highest BCUT2D eigenvalue weighted by molar-refractivity contribution is 9.09. The Bertz CT molecular complexity index is 88.9. The normalized spacial score (nSPS) is 16.9. The Hall–Kier alpha value is 0.480. The highest BCUT2D eigenvalue weighted by Gasteiger charge is 2.09. The van der Waals surface area contributed by atoms with Gasteiger partial charge in [-0.3, -0.25) is 0 Å². The van der Waals surface area contributed by atoms with Crippen LogP contribution in [0.1, 0.15) is 47.0 Å². The molecule has 68 valence electrons. The molecule has 0 radical (unpaired) electrons. The third-order valence-corrected chi connectivity index (χ3v) is 3.87. The van der Waals surface area contributed by atoms with Gasteiger partial charge in [0, 0.05) is 4.83 Å². The fraction of sp³-hybridized carbons (Fsp3) is 1.00. The molecule has 0 heterocycles. The van der Waals surface area contributed by atoms with Crippen molar-refractivity contribution in [2.75, 3.05) is 0 Å². The third-order valence-electron chi connectivity index (χ3n) is 2.36. The van der Waals surface area contributed by atoms with E-state index in [1.807, 2.05) is 0 Å². The van der Waals surface area contributed by atoms with Crippen LogP contribution in [0.15, 0.2) is 0 Å². The molecule has 0 rings (SSSR count). The summed E-state index contributed by atoms with van der Waals surface area (Å²) in [6.45, 7) is 9.15. The summed E-state index contributed by atoms with van der Waals surface area (Å²) >= 11 is 3.70. The fourth-order valence-electron chi connectivity index (χ4n) is 0.981. The molecule has 0 aliphatic carbocycles. The SMILES string of the molecule is CCC(C)CCC(Br)C(C)C. The third kappa shape index (κ3) is 5.72. The molecule has 2 atom stereocenters. The summed E-state index contributed by atoms with van der Waals surface area (Å²) in [4.78, 5) is 0.719. The Morgan fingerprint density at radius 1 is 1.09 bits per heavy atom. The van der Waals surface area contributed by atoms with Gasteiger partial charge in [-0.1, -0.05) is 50.0 Å². The molecule has 0 fully saturated rings. The van der Waals surface area contributed by atoms with Gasteiger partial charge in [0.25, 0.3) is 0 Å². The number of hydrogen-bond donors (Lipinski definition) is 0. The number of halogens is 1. The van der Waals surface area contributed by atoms with E-state index in [2.05, 4.69) is 43.6 Å². The van der Waals surface area contributed by atoms with Crippen LogP contribution in [0.2, 0.25) is 0 Å². The molecule has 0 amide bonds. The van der Waals surface area contributed by atoms with Gasteiger partial charge in [-0.25, -0.2) is 0 Å². The van der Waals surface area contributed by atoms with Crippen LogP contribution in [0.4, 0.5) is 0 Å². The summed E-state index contributed by atoms with van der Waals surface area (Å²) in [5.41, 5.74) is 0. The number of alkyl halides is 1. The van der Waals surface area contributed by atoms with E-state index in [0.29, 0.717) is 0 Å². The molecule has 1 heteroatoms. The standard InChI is InChI=1S/C10H21Br/c1-5-9(4)6-7-10(11)8(2)3/h8-10H,5-7H2,1-4H3. The molecule has 0 bridgehead atoms. The lowest BCUT2D eigenvalue weighted by atomic mass is 9.98. The summed E-state index contributed by atoms with van der Waals surface area (Å²) < 4.78 is 0. The molecule has 0 spiro atoms. The van der Waals surface area contributed by atoms with Crippen LogP contribution in [-0.4, -0.2) is 4.83 Å². The topological polar surface area (TPSA) is 0 Å². The Kier molecular flexibility index (Phi) is 6.31. The largest absolute Gasteiger partial charge is 0.0888 e. The molecule has 0 nitrogen and oxygen atoms in total. The minimum Gasteiger partial charge on any atom is -0.0888 e. The van der Waals surface area contributed by atoms with Crippen molar-refractivity contribution in [1.82, 2.24) is 0 Å². The quantitative estimate of drug-likeness (QED) is 0.609. The maximum atomic E-state index is 3.70. The van der Waals surface area contributed by atoms with Gasteiger partial charge in [-0.05, 0) is 24.7 Å². The lowest BCUT2D eigenvalue weighted by molar-refractivity contribution is 0.461. The van der Waals surface area contributed by atoms with Crippen LogP contribution in [0.25, 0.3) is 0 Å². The van der Waals surface area contributed by atoms with Crippen LogP contribution in [-0.2, 0) is 0 Å². The molecule has 11 heavy (non-hydrogen) atoms. The molecule has 0 aromatic carbocycles. The first-order chi connectivity index (χ1) is 5.07. The van der Waals surface area contributed by atoms with E-state index >= 15 is 0 Å². The summed E-state index contributed by atoms with van der Waals surface area (Å²) in [7, 11) is 0. The molecule has 0 saturated heterocycles. The van der Waals surface area contributed by atoms with Crippen LogP contribution in [0.3, 0.4) is 0 Å². The summed E-state index contributed by atoms with van der Waals surface area (Å²) in [5.74, 6) is 1.67. The highest BCUT2D eigenvalue weighted by atomic mass is 79.9. The second-order valence-corrected chi connectivity index (χ2v) is 5.03. The van der Waals surface area contributed by atoms with Crippen molar-refractivity contribution in [3.8, 4) is 0 Å². The van der Waals surface area contributed by atoms with E-state index in [1.54, 1.807) is 0 Å². The van der Waals surface area contributed by atoms with Crippen LogP contribution < -0.4 is 0 Å². The smallest absolute Gasteiger partial charge is 0.0168 e. The molecule has 0 aromatic heterocycles. The first-order valence-electron chi connectivity index (χ1n) is 4.72. The van der Waals surface area contributed by atoms with Gasteiger partial charge in [0.1, 0.15) is 0 Å². The molecule has 0 saturated carbocycles. The van der Waals surface area contributed by atoms with E-state index in [9.17, 15) is 0 Å². The maximum absolute atomic E-state index is 3.70. The number of hydrogen-bond acceptors (Lipinski definition) is 0. The Morgan fingerprint density at radius 3 is 2.00 bits per heavy atom. The lowest BCUT2D eigenvalue weighted by Gasteiger charge is -2.15. The van der Waals surface area contributed by atoms with E-state index in [0.717, 1.165) is 16.7 Å². The van der Waals surface area contributed by atoms with E-state index in [-0.39, 0.29) is 0 Å². The van der Waals surface area contributed by atoms with Crippen molar-refractivity contribution in [3.05, 3.63) is 0 Å². The summed E-state index contributed by atoms with van der Waals surface area (Å²) in [6.07, 6.45) is 4.01. The average molecular weight is 221 g/mol. The Labute approximate surface area is 79.9 Å². The molecule has 2 unspecified atom stereocenters. The average Bonchev–Trinajstić information content (AvgIpc) is 1.99. The van der Waals surface area contributed by atoms with Gasteiger partial charge in [0.05, 0.1) is 0 Å². The van der Waals surface area contributed by atoms with Gasteiger partial charge in [0.15, 0.2) is 0 Å². The molecular formula is C10H21Br. The van der Waals surface area contributed by atoms with Crippen LogP contribution in [0.5, 0.6) is 0 Å². The fourth-order valence-corrected chi connectivity index (χ4v) is 1.25. The molecule has 0 aliphatic rings. The predicted octanol–water partition coefficient (Wildman–Crippen LogP) is 4.23. The zero-order valence-corrected chi connectivity index (χ0v) is 9.82. The van der Waals surface area contributed by atoms with Crippen molar-refractivity contribution in [2.45, 2.75) is 51.8 Å². The minimum absolute atomic E-state index is 0.719. The van der Waals surface area contributed by atoms with Crippen molar-refractivity contribution >= 4 is 15.9 Å². The first-order valence-corrected chi connectivity index (χ1v) is 5.63. The van der Waals surface area contributed by atoms with Gasteiger partial charge < -0.3 is 0 Å². The second kappa shape index (κ2) is 6.05. The van der Waals surface area contributed by atoms with Gasteiger partial charge in [-0.15, -0.1) is 0 Å². The van der Waals surface area contributed by atoms with E-state index in [1.165, 1.54) is 19.3 Å². The summed E-state index contributed by atoms with van der Waals surface area (Å²) in [5, 5.41) is 0. The van der Waals surface area contributed by atoms with Gasteiger partial charge in [-0.2, -0.15) is 0 Å². The van der Waals surface area contributed by atoms with E-state index in [4.69, 9.17) is 0 Å². The highest BCUT2D eigenvalue weighted by Crippen LogP contribution is 2.21. The molecule has 0 aromatic rings. The lowest BCUT2D eigenvalue weighted by Crippen LogP contribution is -2.08. The zero-order valence-electron chi connectivity index (χ0n) is 8.23. The second-order valence-electron chi connectivity index (χ2n) is 3.85. The molecular weight excluding hydrogens is 200 g/mol. The van der Waals surface area contributed by atoms with Crippen molar-refractivity contribution in [1.29, 1.82) is 0 Å². The van der Waals surface area contributed by atoms with Crippen LogP contribution >= 0.6 is 15.9 Å². The zero-order chi connectivity index (χ0) is 8.85. The monoisotopic (exact) mass is 220 g/mol. The maximum Gasteiger partial charge on any atom is 0.0168 e. The van der Waals surface area contributed by atoms with Crippen molar-refractivity contribution in [2.24, 2.45) is 11.8 Å². The van der Waals surface area contributed by atoms with Gasteiger partial charge in [0.2, 0.25) is 0 Å². The molecule has 0 aliphatic heterocycles. The van der Waals surface area contributed by atoms with Crippen molar-refractivity contribution < 1.29 is 0 Å². The van der Waals surface area contributed by atoms with Crippen LogP contribution in [0, 0.1) is 11.8 Å². The summed E-state index contributed by atoms with van der Waals surface area (Å²) in [6, 6.07) is 0. The van der Waals surface area contributed by atoms with Crippen molar-refractivity contribution in [3.63, 3.8) is 0 Å². The first kappa shape index (κ1) is 11.5. The van der Waals surface area contributed by atoms with E-state index < -0.39 is 0 Å². The Balaban J connectivity index is 3.37. The minimum atomic E-state index is 0.719. The van der Waals surface area contributed by atoms with Gasteiger partial charge >= 0.3 is 0 Å². The predicted molar refractivity (Wildman–Crippen MR) is 56.2 cm³/mol. The number of rotatable bonds is 5.